The zero-order valence-electron chi connectivity index (χ0n) is 10.1. The fourth-order valence-corrected chi connectivity index (χ4v) is 1.59. The monoisotopic (exact) mass is 216 g/mol. The third kappa shape index (κ3) is 5.50. The first-order chi connectivity index (χ1) is 7.68. The minimum absolute atomic E-state index is 0.368. The molecular weight excluding hydrogens is 196 g/mol. The number of ketones is 1. The normalized spacial score (nSPS) is 11.2. The molecule has 0 aliphatic heterocycles. The van der Waals surface area contributed by atoms with Crippen molar-refractivity contribution in [2.24, 2.45) is 5.92 Å². The average molecular weight is 216 g/mol. The van der Waals surface area contributed by atoms with Gasteiger partial charge >= 0.3 is 0 Å². The summed E-state index contributed by atoms with van der Waals surface area (Å²) in [5.74, 6) is 0.846. The Hall–Kier alpha value is -1.37. The minimum Gasteiger partial charge on any atom is -0.300 e. The lowest BCUT2D eigenvalue weighted by Gasteiger charge is -2.01. The molecule has 0 bridgehead atoms. The van der Waals surface area contributed by atoms with Gasteiger partial charge in [-0.1, -0.05) is 56.3 Å². The molecule has 1 aromatic carbocycles. The van der Waals surface area contributed by atoms with E-state index in [0.717, 1.165) is 6.42 Å². The average Bonchev–Trinajstić information content (AvgIpc) is 2.25. The van der Waals surface area contributed by atoms with E-state index < -0.39 is 0 Å². The van der Waals surface area contributed by atoms with Crippen molar-refractivity contribution in [1.29, 1.82) is 0 Å². The summed E-state index contributed by atoms with van der Waals surface area (Å²) in [7, 11) is 0. The molecule has 0 aliphatic rings. The van der Waals surface area contributed by atoms with E-state index in [1.807, 2.05) is 18.2 Å². The van der Waals surface area contributed by atoms with Crippen molar-refractivity contribution in [3.8, 4) is 0 Å². The fraction of sp³-hybridized carbons (Fsp3) is 0.400. The number of benzene rings is 1. The predicted molar refractivity (Wildman–Crippen MR) is 69.2 cm³/mol. The van der Waals surface area contributed by atoms with E-state index in [0.29, 0.717) is 24.5 Å². The second kappa shape index (κ2) is 7.00. The smallest absolute Gasteiger partial charge is 0.133 e. The predicted octanol–water partition coefficient (Wildman–Crippen LogP) is 4.10. The molecule has 1 nitrogen and oxygen atoms in total. The van der Waals surface area contributed by atoms with Crippen LogP contribution >= 0.6 is 0 Å². The number of hydrogen-bond donors (Lipinski definition) is 0. The number of Topliss-reactive ketones (excluding diaryl/α,β-unsaturated/α-hetero) is 1. The quantitative estimate of drug-likeness (QED) is 0.699. The molecule has 0 heterocycles. The van der Waals surface area contributed by atoms with E-state index >= 15 is 0 Å². The molecule has 0 radical (unpaired) electrons. The molecule has 86 valence electrons. The van der Waals surface area contributed by atoms with Crippen molar-refractivity contribution in [1.82, 2.24) is 0 Å². The van der Waals surface area contributed by atoms with Gasteiger partial charge in [0.2, 0.25) is 0 Å². The lowest BCUT2D eigenvalue weighted by atomic mass is 10.0. The third-order valence-corrected chi connectivity index (χ3v) is 2.34. The molecule has 0 unspecified atom stereocenters. The Kier molecular flexibility index (Phi) is 5.55. The Labute approximate surface area is 98.2 Å². The van der Waals surface area contributed by atoms with Gasteiger partial charge in [0.25, 0.3) is 0 Å². The molecule has 1 rings (SSSR count). The number of carbonyl (C=O) groups is 1. The maximum Gasteiger partial charge on any atom is 0.133 e. The topological polar surface area (TPSA) is 17.1 Å². The summed E-state index contributed by atoms with van der Waals surface area (Å²) < 4.78 is 0. The van der Waals surface area contributed by atoms with Gasteiger partial charge in [0.05, 0.1) is 0 Å². The van der Waals surface area contributed by atoms with Crippen molar-refractivity contribution in [2.75, 3.05) is 0 Å². The molecular formula is C15H20O. The van der Waals surface area contributed by atoms with Gasteiger partial charge < -0.3 is 0 Å². The van der Waals surface area contributed by atoms with Crippen molar-refractivity contribution in [2.45, 2.75) is 33.1 Å². The van der Waals surface area contributed by atoms with Crippen LogP contribution < -0.4 is 0 Å². The SMILES string of the molecule is CC(C)CC(=O)CCC=Cc1ccccc1. The molecule has 0 atom stereocenters. The van der Waals surface area contributed by atoms with Crippen LogP contribution in [0.4, 0.5) is 0 Å². The summed E-state index contributed by atoms with van der Waals surface area (Å²) in [4.78, 5) is 11.4. The van der Waals surface area contributed by atoms with Crippen molar-refractivity contribution in [3.05, 3.63) is 42.0 Å². The van der Waals surface area contributed by atoms with Gasteiger partial charge in [0.15, 0.2) is 0 Å². The van der Waals surface area contributed by atoms with Gasteiger partial charge in [-0.15, -0.1) is 0 Å². The zero-order chi connectivity index (χ0) is 11.8. The van der Waals surface area contributed by atoms with Crippen LogP contribution in [0.3, 0.4) is 0 Å². The van der Waals surface area contributed by atoms with Crippen LogP contribution in [0.25, 0.3) is 6.08 Å². The lowest BCUT2D eigenvalue weighted by Crippen LogP contribution is -2.01. The van der Waals surface area contributed by atoms with E-state index in [2.05, 4.69) is 38.1 Å². The summed E-state index contributed by atoms with van der Waals surface area (Å²) in [6.45, 7) is 4.16. The number of hydrogen-bond acceptors (Lipinski definition) is 1. The Morgan fingerprint density at radius 1 is 1.25 bits per heavy atom. The molecule has 0 saturated heterocycles. The summed E-state index contributed by atoms with van der Waals surface area (Å²) in [6, 6.07) is 10.2. The molecule has 16 heavy (non-hydrogen) atoms. The van der Waals surface area contributed by atoms with Crippen molar-refractivity contribution in [3.63, 3.8) is 0 Å². The van der Waals surface area contributed by atoms with Crippen LogP contribution in [-0.4, -0.2) is 5.78 Å². The highest BCUT2D eigenvalue weighted by Gasteiger charge is 2.02. The number of rotatable bonds is 6. The van der Waals surface area contributed by atoms with Gasteiger partial charge in [-0.2, -0.15) is 0 Å². The Morgan fingerprint density at radius 2 is 1.94 bits per heavy atom. The highest BCUT2D eigenvalue weighted by atomic mass is 16.1. The fourth-order valence-electron chi connectivity index (χ4n) is 1.59. The van der Waals surface area contributed by atoms with Crippen LogP contribution in [0.5, 0.6) is 0 Å². The standard InChI is InChI=1S/C15H20O/c1-13(2)12-15(16)11-7-6-10-14-8-4-3-5-9-14/h3-6,8-10,13H,7,11-12H2,1-2H3. The van der Waals surface area contributed by atoms with Crippen molar-refractivity contribution >= 4 is 11.9 Å². The minimum atomic E-state index is 0.368. The number of carbonyl (C=O) groups excluding carboxylic acids is 1. The van der Waals surface area contributed by atoms with E-state index in [1.54, 1.807) is 0 Å². The van der Waals surface area contributed by atoms with E-state index in [-0.39, 0.29) is 0 Å². The van der Waals surface area contributed by atoms with Crippen LogP contribution in [0.15, 0.2) is 36.4 Å². The first-order valence-corrected chi connectivity index (χ1v) is 5.92. The molecule has 0 aromatic heterocycles. The molecule has 0 aliphatic carbocycles. The summed E-state index contributed by atoms with van der Waals surface area (Å²) in [6.07, 6.45) is 6.37. The van der Waals surface area contributed by atoms with E-state index in [1.165, 1.54) is 5.56 Å². The largest absolute Gasteiger partial charge is 0.300 e. The first kappa shape index (κ1) is 12.7. The molecule has 1 aromatic rings. The molecule has 1 heteroatoms. The molecule has 0 spiro atoms. The maximum atomic E-state index is 11.4. The lowest BCUT2D eigenvalue weighted by molar-refractivity contribution is -0.119. The van der Waals surface area contributed by atoms with Gasteiger partial charge in [0, 0.05) is 12.8 Å². The molecule has 0 saturated carbocycles. The van der Waals surface area contributed by atoms with Gasteiger partial charge in [-0.05, 0) is 17.9 Å². The molecule has 0 fully saturated rings. The first-order valence-electron chi connectivity index (χ1n) is 5.92. The van der Waals surface area contributed by atoms with Gasteiger partial charge in [-0.25, -0.2) is 0 Å². The van der Waals surface area contributed by atoms with Gasteiger partial charge in [0.1, 0.15) is 5.78 Å². The Balaban J connectivity index is 2.25. The second-order valence-corrected chi connectivity index (χ2v) is 4.49. The molecule has 0 amide bonds. The van der Waals surface area contributed by atoms with E-state index in [9.17, 15) is 4.79 Å². The van der Waals surface area contributed by atoms with E-state index in [4.69, 9.17) is 0 Å². The Morgan fingerprint density at radius 3 is 2.56 bits per heavy atom. The maximum absolute atomic E-state index is 11.4. The van der Waals surface area contributed by atoms with Crippen LogP contribution in [0.1, 0.15) is 38.7 Å². The van der Waals surface area contributed by atoms with Crippen LogP contribution in [-0.2, 0) is 4.79 Å². The second-order valence-electron chi connectivity index (χ2n) is 4.49. The number of allylic oxidation sites excluding steroid dienone is 1. The highest BCUT2D eigenvalue weighted by molar-refractivity contribution is 5.78. The van der Waals surface area contributed by atoms with Crippen LogP contribution in [0, 0.1) is 5.92 Å². The van der Waals surface area contributed by atoms with Crippen molar-refractivity contribution < 1.29 is 4.79 Å². The summed E-state index contributed by atoms with van der Waals surface area (Å²) in [5.41, 5.74) is 1.19. The Bertz CT molecular complexity index is 336. The zero-order valence-corrected chi connectivity index (χ0v) is 10.1. The van der Waals surface area contributed by atoms with Crippen LogP contribution in [0.2, 0.25) is 0 Å². The third-order valence-electron chi connectivity index (χ3n) is 2.34. The van der Waals surface area contributed by atoms with Gasteiger partial charge in [-0.3, -0.25) is 4.79 Å². The summed E-state index contributed by atoms with van der Waals surface area (Å²) >= 11 is 0. The summed E-state index contributed by atoms with van der Waals surface area (Å²) in [5, 5.41) is 0. The highest BCUT2D eigenvalue weighted by Crippen LogP contribution is 2.07. The molecule has 0 N–H and O–H groups in total.